The smallest absolute Gasteiger partial charge is 0.265 e. The Morgan fingerprint density at radius 2 is 1.75 bits per heavy atom. The van der Waals surface area contributed by atoms with Gasteiger partial charge in [0.25, 0.3) is 5.91 Å². The molecule has 2 saturated heterocycles. The normalized spacial score (nSPS) is 18.1. The Bertz CT molecular complexity index is 1310. The third-order valence-electron chi connectivity index (χ3n) is 6.96. The molecule has 2 aliphatic heterocycles. The SMILES string of the molecule is O=C(NO)C1(S(=O)(=O)c2ccc(-n3cc(-c4ccc(N5CCCCC5)nc4)nn3)cc2)CCOCC1. The lowest BCUT2D eigenvalue weighted by Gasteiger charge is -2.34. The molecule has 190 valence electrons. The quantitative estimate of drug-likeness (QED) is 0.375. The first-order valence-electron chi connectivity index (χ1n) is 12.0. The molecule has 2 N–H and O–H groups in total. The molecule has 12 heteroatoms. The molecule has 2 aromatic heterocycles. The maximum absolute atomic E-state index is 13.4. The van der Waals surface area contributed by atoms with Gasteiger partial charge >= 0.3 is 0 Å². The number of pyridine rings is 1. The number of benzene rings is 1. The number of nitrogens with zero attached hydrogens (tertiary/aromatic N) is 5. The number of aromatic nitrogens is 4. The van der Waals surface area contributed by atoms with E-state index in [1.165, 1.54) is 36.9 Å². The lowest BCUT2D eigenvalue weighted by molar-refractivity contribution is -0.134. The van der Waals surface area contributed by atoms with Crippen LogP contribution in [0, 0.1) is 0 Å². The van der Waals surface area contributed by atoms with Crippen molar-refractivity contribution in [2.45, 2.75) is 41.7 Å². The Kier molecular flexibility index (Phi) is 6.73. The molecule has 0 spiro atoms. The predicted molar refractivity (Wildman–Crippen MR) is 131 cm³/mol. The summed E-state index contributed by atoms with van der Waals surface area (Å²) in [6, 6.07) is 10.0. The van der Waals surface area contributed by atoms with Crippen LogP contribution in [0.2, 0.25) is 0 Å². The second-order valence-corrected chi connectivity index (χ2v) is 11.3. The highest BCUT2D eigenvalue weighted by Crippen LogP contribution is 2.35. The number of hydrogen-bond donors (Lipinski definition) is 2. The summed E-state index contributed by atoms with van der Waals surface area (Å²) < 4.78 is 31.9. The van der Waals surface area contributed by atoms with Gasteiger partial charge in [-0.3, -0.25) is 10.0 Å². The molecule has 2 aliphatic rings. The highest BCUT2D eigenvalue weighted by Gasteiger charge is 2.52. The summed E-state index contributed by atoms with van der Waals surface area (Å²) in [6.45, 7) is 2.27. The van der Waals surface area contributed by atoms with E-state index in [0.717, 1.165) is 24.5 Å². The Labute approximate surface area is 209 Å². The van der Waals surface area contributed by atoms with E-state index in [-0.39, 0.29) is 31.0 Å². The van der Waals surface area contributed by atoms with Crippen LogP contribution in [0.15, 0.2) is 53.7 Å². The molecule has 0 bridgehead atoms. The lowest BCUT2D eigenvalue weighted by atomic mass is 9.98. The highest BCUT2D eigenvalue weighted by molar-refractivity contribution is 7.93. The van der Waals surface area contributed by atoms with Crippen molar-refractivity contribution < 1.29 is 23.2 Å². The summed E-state index contributed by atoms with van der Waals surface area (Å²) in [6.07, 6.45) is 7.08. The van der Waals surface area contributed by atoms with Gasteiger partial charge in [0.2, 0.25) is 0 Å². The number of sulfone groups is 1. The molecule has 36 heavy (non-hydrogen) atoms. The largest absolute Gasteiger partial charge is 0.381 e. The van der Waals surface area contributed by atoms with Crippen LogP contribution in [-0.4, -0.2) is 70.6 Å². The number of carbonyl (C=O) groups excluding carboxylic acids is 1. The van der Waals surface area contributed by atoms with Crippen LogP contribution >= 0.6 is 0 Å². The van der Waals surface area contributed by atoms with Gasteiger partial charge < -0.3 is 9.64 Å². The molecule has 0 aliphatic carbocycles. The number of carbonyl (C=O) groups is 1. The van der Waals surface area contributed by atoms with Gasteiger partial charge in [-0.05, 0) is 68.5 Å². The summed E-state index contributed by atoms with van der Waals surface area (Å²) >= 11 is 0. The van der Waals surface area contributed by atoms with E-state index in [1.807, 2.05) is 12.1 Å². The number of rotatable bonds is 6. The van der Waals surface area contributed by atoms with Crippen LogP contribution in [0.25, 0.3) is 16.9 Å². The zero-order valence-electron chi connectivity index (χ0n) is 19.7. The van der Waals surface area contributed by atoms with Crippen molar-refractivity contribution in [3.63, 3.8) is 0 Å². The van der Waals surface area contributed by atoms with Crippen LogP contribution in [0.1, 0.15) is 32.1 Å². The van der Waals surface area contributed by atoms with E-state index in [0.29, 0.717) is 11.4 Å². The maximum atomic E-state index is 13.4. The predicted octanol–water partition coefficient (Wildman–Crippen LogP) is 2.15. The highest BCUT2D eigenvalue weighted by atomic mass is 32.2. The van der Waals surface area contributed by atoms with Crippen molar-refractivity contribution in [1.82, 2.24) is 25.5 Å². The molecule has 1 aromatic carbocycles. The van der Waals surface area contributed by atoms with Gasteiger partial charge in [0, 0.05) is 38.1 Å². The fraction of sp³-hybridized carbons (Fsp3) is 0.417. The Morgan fingerprint density at radius 3 is 2.39 bits per heavy atom. The van der Waals surface area contributed by atoms with Crippen LogP contribution in [0.3, 0.4) is 0 Å². The summed E-state index contributed by atoms with van der Waals surface area (Å²) in [5, 5.41) is 17.6. The third-order valence-corrected chi connectivity index (χ3v) is 9.47. The number of ether oxygens (including phenoxy) is 1. The minimum atomic E-state index is -4.09. The average Bonchev–Trinajstić information content (AvgIpc) is 3.44. The van der Waals surface area contributed by atoms with Gasteiger partial charge in [0.15, 0.2) is 14.6 Å². The van der Waals surface area contributed by atoms with Gasteiger partial charge in [0.05, 0.1) is 16.8 Å². The number of nitrogens with one attached hydrogen (secondary N) is 1. The van der Waals surface area contributed by atoms with E-state index >= 15 is 0 Å². The van der Waals surface area contributed by atoms with E-state index in [2.05, 4.69) is 20.2 Å². The van der Waals surface area contributed by atoms with Gasteiger partial charge in [-0.15, -0.1) is 5.10 Å². The van der Waals surface area contributed by atoms with Crippen LogP contribution < -0.4 is 10.4 Å². The van der Waals surface area contributed by atoms with E-state index in [9.17, 15) is 18.4 Å². The third kappa shape index (κ3) is 4.36. The number of amides is 1. The molecule has 0 radical (unpaired) electrons. The van der Waals surface area contributed by atoms with Crippen molar-refractivity contribution in [3.8, 4) is 16.9 Å². The number of hydroxylamine groups is 1. The van der Waals surface area contributed by atoms with Crippen LogP contribution in [0.4, 0.5) is 5.82 Å². The summed E-state index contributed by atoms with van der Waals surface area (Å²) in [5.74, 6) is 0.00975. The van der Waals surface area contributed by atoms with Crippen molar-refractivity contribution >= 4 is 21.6 Å². The molecule has 0 unspecified atom stereocenters. The zero-order chi connectivity index (χ0) is 25.2. The molecular weight excluding hydrogens is 484 g/mol. The van der Waals surface area contributed by atoms with E-state index < -0.39 is 20.5 Å². The summed E-state index contributed by atoms with van der Waals surface area (Å²) in [7, 11) is -4.09. The molecule has 0 saturated carbocycles. The van der Waals surface area contributed by atoms with Crippen LogP contribution in [0.5, 0.6) is 0 Å². The standard InChI is InChI=1S/C24H28N6O5S/c31-23(27-32)24(10-14-35-15-11-24)36(33,34)20-7-5-19(6-8-20)30-17-21(26-28-30)18-4-9-22(25-16-18)29-12-2-1-3-13-29/h4-9,16-17,32H,1-3,10-15H2,(H,27,31). The monoisotopic (exact) mass is 512 g/mol. The molecule has 3 aromatic rings. The molecule has 4 heterocycles. The molecule has 5 rings (SSSR count). The summed E-state index contributed by atoms with van der Waals surface area (Å²) in [4.78, 5) is 19.3. The van der Waals surface area contributed by atoms with Crippen molar-refractivity contribution in [2.75, 3.05) is 31.2 Å². The minimum absolute atomic E-state index is 0.0189. The Hall–Kier alpha value is -3.35. The fourth-order valence-corrected chi connectivity index (χ4v) is 6.73. The van der Waals surface area contributed by atoms with Crippen molar-refractivity contribution in [2.24, 2.45) is 0 Å². The van der Waals surface area contributed by atoms with Gasteiger partial charge in [-0.25, -0.2) is 23.6 Å². The van der Waals surface area contributed by atoms with Gasteiger partial charge in [0.1, 0.15) is 11.5 Å². The first kappa shape index (κ1) is 24.3. The van der Waals surface area contributed by atoms with Crippen molar-refractivity contribution in [1.29, 1.82) is 0 Å². The fourth-order valence-electron chi connectivity index (χ4n) is 4.79. The molecule has 1 amide bonds. The van der Waals surface area contributed by atoms with E-state index in [1.54, 1.807) is 29.2 Å². The zero-order valence-corrected chi connectivity index (χ0v) is 20.5. The van der Waals surface area contributed by atoms with Crippen molar-refractivity contribution in [3.05, 3.63) is 48.8 Å². The van der Waals surface area contributed by atoms with E-state index in [4.69, 9.17) is 4.74 Å². The number of anilines is 1. The van der Waals surface area contributed by atoms with Gasteiger partial charge in [-0.2, -0.15) is 0 Å². The first-order valence-corrected chi connectivity index (χ1v) is 13.4. The Morgan fingerprint density at radius 1 is 1.03 bits per heavy atom. The number of hydrogen-bond acceptors (Lipinski definition) is 9. The lowest BCUT2D eigenvalue weighted by Crippen LogP contribution is -2.54. The average molecular weight is 513 g/mol. The van der Waals surface area contributed by atoms with Gasteiger partial charge in [-0.1, -0.05) is 5.21 Å². The first-order chi connectivity index (χ1) is 17.4. The summed E-state index contributed by atoms with van der Waals surface area (Å²) in [5.41, 5.74) is 3.61. The molecule has 2 fully saturated rings. The topological polar surface area (TPSA) is 140 Å². The molecular formula is C24H28N6O5S. The molecule has 0 atom stereocenters. The molecule has 11 nitrogen and oxygen atoms in total. The number of piperidine rings is 1. The maximum Gasteiger partial charge on any atom is 0.265 e. The minimum Gasteiger partial charge on any atom is -0.381 e. The second kappa shape index (κ2) is 9.96. The van der Waals surface area contributed by atoms with Crippen LogP contribution in [-0.2, 0) is 19.4 Å². The Balaban J connectivity index is 1.35. The second-order valence-electron chi connectivity index (χ2n) is 9.05.